The molecule has 0 radical (unpaired) electrons. The Bertz CT molecular complexity index is 513. The molecule has 1 aliphatic carbocycles. The summed E-state index contributed by atoms with van der Waals surface area (Å²) < 4.78 is 0. The molecule has 2 aliphatic rings. The van der Waals surface area contributed by atoms with Gasteiger partial charge in [-0.05, 0) is 44.7 Å². The molecule has 20 heavy (non-hydrogen) atoms. The minimum Gasteiger partial charge on any atom is -0.392 e. The monoisotopic (exact) mass is 273 g/mol. The summed E-state index contributed by atoms with van der Waals surface area (Å²) in [6.07, 6.45) is 4.89. The minimum atomic E-state index is -0.226. The van der Waals surface area contributed by atoms with Gasteiger partial charge in [0.15, 0.2) is 0 Å². The maximum absolute atomic E-state index is 12.6. The number of carbonyl (C=O) groups is 1. The average molecular weight is 273 g/mol. The molecule has 1 spiro atoms. The van der Waals surface area contributed by atoms with E-state index >= 15 is 0 Å². The van der Waals surface area contributed by atoms with E-state index in [4.69, 9.17) is 0 Å². The number of aliphatic hydroxyl groups is 1. The van der Waals surface area contributed by atoms with E-state index < -0.39 is 0 Å². The number of amides is 1. The van der Waals surface area contributed by atoms with Crippen molar-refractivity contribution in [3.05, 3.63) is 35.4 Å². The lowest BCUT2D eigenvalue weighted by atomic mass is 9.76. The molecule has 1 N–H and O–H groups in total. The van der Waals surface area contributed by atoms with Crippen LogP contribution in [0.25, 0.3) is 0 Å². The third-order valence-electron chi connectivity index (χ3n) is 5.02. The van der Waals surface area contributed by atoms with Crippen LogP contribution in [0.5, 0.6) is 0 Å². The Morgan fingerprint density at radius 2 is 2.15 bits per heavy atom. The lowest BCUT2D eigenvalue weighted by Crippen LogP contribution is -2.49. The Morgan fingerprint density at radius 1 is 1.35 bits per heavy atom. The number of hydrogen-bond acceptors (Lipinski definition) is 2. The first-order chi connectivity index (χ1) is 9.61. The predicted octanol–water partition coefficient (Wildman–Crippen LogP) is 2.76. The lowest BCUT2D eigenvalue weighted by Gasteiger charge is -2.42. The van der Waals surface area contributed by atoms with Crippen molar-refractivity contribution in [1.82, 2.24) is 4.90 Å². The highest BCUT2D eigenvalue weighted by atomic mass is 16.3. The topological polar surface area (TPSA) is 40.5 Å². The van der Waals surface area contributed by atoms with Crippen molar-refractivity contribution in [2.24, 2.45) is 5.41 Å². The van der Waals surface area contributed by atoms with E-state index in [0.717, 1.165) is 56.3 Å². The molecule has 3 rings (SSSR count). The number of rotatable bonds is 1. The molecule has 1 amide bonds. The SMILES string of the molecule is Cc1cccc(C(=O)N2CCC[C@]3(CCC[C@H]3O)C2)c1. The second-order valence-electron chi connectivity index (χ2n) is 6.47. The van der Waals surface area contributed by atoms with Gasteiger partial charge in [-0.25, -0.2) is 0 Å². The molecule has 1 saturated heterocycles. The summed E-state index contributed by atoms with van der Waals surface area (Å²) in [6.45, 7) is 3.55. The Kier molecular flexibility index (Phi) is 3.55. The number of carbonyl (C=O) groups excluding carboxylic acids is 1. The minimum absolute atomic E-state index is 0.0300. The van der Waals surface area contributed by atoms with Gasteiger partial charge in [-0.15, -0.1) is 0 Å². The second kappa shape index (κ2) is 5.21. The average Bonchev–Trinajstić information content (AvgIpc) is 2.79. The van der Waals surface area contributed by atoms with Crippen molar-refractivity contribution in [3.63, 3.8) is 0 Å². The summed E-state index contributed by atoms with van der Waals surface area (Å²) in [5.41, 5.74) is 1.86. The molecule has 1 saturated carbocycles. The summed E-state index contributed by atoms with van der Waals surface area (Å²) in [4.78, 5) is 14.6. The number of hydrogen-bond donors (Lipinski definition) is 1. The van der Waals surface area contributed by atoms with Gasteiger partial charge in [-0.1, -0.05) is 24.1 Å². The van der Waals surface area contributed by atoms with Gasteiger partial charge in [0.25, 0.3) is 5.91 Å². The summed E-state index contributed by atoms with van der Waals surface area (Å²) in [7, 11) is 0. The standard InChI is InChI=1S/C17H23NO2/c1-13-5-2-6-14(11-13)16(20)18-10-4-9-17(12-18)8-3-7-15(17)19/h2,5-6,11,15,19H,3-4,7-10,12H2,1H3/t15-,17-/m1/s1. The maximum atomic E-state index is 12.6. The number of piperidine rings is 1. The van der Waals surface area contributed by atoms with Crippen LogP contribution in [0.15, 0.2) is 24.3 Å². The highest BCUT2D eigenvalue weighted by Gasteiger charge is 2.45. The van der Waals surface area contributed by atoms with Crippen molar-refractivity contribution in [3.8, 4) is 0 Å². The third-order valence-corrected chi connectivity index (χ3v) is 5.02. The van der Waals surface area contributed by atoms with Gasteiger partial charge in [-0.2, -0.15) is 0 Å². The molecule has 108 valence electrons. The van der Waals surface area contributed by atoms with Crippen LogP contribution < -0.4 is 0 Å². The highest BCUT2D eigenvalue weighted by Crippen LogP contribution is 2.45. The van der Waals surface area contributed by atoms with Crippen LogP contribution in [0.1, 0.15) is 48.0 Å². The van der Waals surface area contributed by atoms with Crippen LogP contribution in [-0.4, -0.2) is 35.1 Å². The molecule has 3 nitrogen and oxygen atoms in total. The first-order valence-electron chi connectivity index (χ1n) is 7.65. The second-order valence-corrected chi connectivity index (χ2v) is 6.47. The Balaban J connectivity index is 1.78. The van der Waals surface area contributed by atoms with Crippen molar-refractivity contribution in [2.45, 2.75) is 45.1 Å². The number of likely N-dealkylation sites (tertiary alicyclic amines) is 1. The fourth-order valence-corrected chi connectivity index (χ4v) is 3.89. The number of benzene rings is 1. The quantitative estimate of drug-likeness (QED) is 0.854. The Morgan fingerprint density at radius 3 is 2.85 bits per heavy atom. The Labute approximate surface area is 120 Å². The molecule has 3 heteroatoms. The summed E-state index contributed by atoms with van der Waals surface area (Å²) in [5.74, 6) is 0.117. The molecule has 2 fully saturated rings. The maximum Gasteiger partial charge on any atom is 0.253 e. The van der Waals surface area contributed by atoms with E-state index in [0.29, 0.717) is 0 Å². The molecule has 0 bridgehead atoms. The molecule has 0 aromatic heterocycles. The van der Waals surface area contributed by atoms with E-state index in [1.807, 2.05) is 36.1 Å². The first-order valence-corrected chi connectivity index (χ1v) is 7.65. The van der Waals surface area contributed by atoms with Crippen molar-refractivity contribution < 1.29 is 9.90 Å². The van der Waals surface area contributed by atoms with E-state index in [9.17, 15) is 9.90 Å². The predicted molar refractivity (Wildman–Crippen MR) is 78.6 cm³/mol. The molecular weight excluding hydrogens is 250 g/mol. The molecule has 0 unspecified atom stereocenters. The van der Waals surface area contributed by atoms with Crippen LogP contribution in [0.2, 0.25) is 0 Å². The zero-order valence-electron chi connectivity index (χ0n) is 12.1. The Hall–Kier alpha value is -1.35. The fraction of sp³-hybridized carbons (Fsp3) is 0.588. The summed E-state index contributed by atoms with van der Waals surface area (Å²) in [5, 5.41) is 10.3. The zero-order chi connectivity index (χ0) is 14.2. The van der Waals surface area contributed by atoms with Gasteiger partial charge in [-0.3, -0.25) is 4.79 Å². The van der Waals surface area contributed by atoms with Crippen LogP contribution >= 0.6 is 0 Å². The number of aryl methyl sites for hydroxylation is 1. The zero-order valence-corrected chi connectivity index (χ0v) is 12.1. The third kappa shape index (κ3) is 2.35. The van der Waals surface area contributed by atoms with Crippen LogP contribution in [-0.2, 0) is 0 Å². The van der Waals surface area contributed by atoms with Crippen molar-refractivity contribution in [1.29, 1.82) is 0 Å². The lowest BCUT2D eigenvalue weighted by molar-refractivity contribution is -0.00536. The van der Waals surface area contributed by atoms with Crippen LogP contribution in [0, 0.1) is 12.3 Å². The summed E-state index contributed by atoms with van der Waals surface area (Å²) >= 11 is 0. The molecule has 2 atom stereocenters. The largest absolute Gasteiger partial charge is 0.392 e. The summed E-state index contributed by atoms with van der Waals surface area (Å²) in [6, 6.07) is 7.79. The van der Waals surface area contributed by atoms with Gasteiger partial charge in [0.05, 0.1) is 6.10 Å². The highest BCUT2D eigenvalue weighted by molar-refractivity contribution is 5.94. The molecule has 1 aromatic carbocycles. The van der Waals surface area contributed by atoms with Crippen LogP contribution in [0.4, 0.5) is 0 Å². The smallest absolute Gasteiger partial charge is 0.253 e. The van der Waals surface area contributed by atoms with Crippen molar-refractivity contribution >= 4 is 5.91 Å². The van der Waals surface area contributed by atoms with Crippen molar-refractivity contribution in [2.75, 3.05) is 13.1 Å². The van der Waals surface area contributed by atoms with Gasteiger partial charge in [0.2, 0.25) is 0 Å². The van der Waals surface area contributed by atoms with Gasteiger partial charge >= 0.3 is 0 Å². The van der Waals surface area contributed by atoms with E-state index in [1.165, 1.54) is 0 Å². The van der Waals surface area contributed by atoms with E-state index in [1.54, 1.807) is 0 Å². The van der Waals surface area contributed by atoms with E-state index in [-0.39, 0.29) is 17.4 Å². The van der Waals surface area contributed by atoms with Gasteiger partial charge < -0.3 is 10.0 Å². The fourth-order valence-electron chi connectivity index (χ4n) is 3.89. The molecule has 1 aliphatic heterocycles. The first kappa shape index (κ1) is 13.6. The van der Waals surface area contributed by atoms with Gasteiger partial charge in [0, 0.05) is 24.1 Å². The molecule has 1 aromatic rings. The molecule has 1 heterocycles. The molecular formula is C17H23NO2. The number of aliphatic hydroxyl groups excluding tert-OH is 1. The van der Waals surface area contributed by atoms with Gasteiger partial charge in [0.1, 0.15) is 0 Å². The number of nitrogens with zero attached hydrogens (tertiary/aromatic N) is 1. The normalized spacial score (nSPS) is 29.9. The van der Waals surface area contributed by atoms with Crippen LogP contribution in [0.3, 0.4) is 0 Å². The van der Waals surface area contributed by atoms with E-state index in [2.05, 4.69) is 0 Å².